The van der Waals surface area contributed by atoms with E-state index in [0.29, 0.717) is 5.92 Å². The molecule has 5 rings (SSSR count). The topological polar surface area (TPSA) is 0 Å². The van der Waals surface area contributed by atoms with Crippen molar-refractivity contribution in [3.05, 3.63) is 89.0 Å². The number of rotatable bonds is 6. The smallest absolute Gasteiger partial charge is 1.00 e. The molecule has 0 aromatic heterocycles. The monoisotopic (exact) mass is 524 g/mol. The molecule has 31 heavy (non-hydrogen) atoms. The molecule has 0 spiro atoms. The van der Waals surface area contributed by atoms with Crippen LogP contribution in [0.3, 0.4) is 0 Å². The van der Waals surface area contributed by atoms with E-state index in [4.69, 9.17) is 0 Å². The molecule has 3 aromatic carbocycles. The zero-order valence-corrected chi connectivity index (χ0v) is 22.2. The van der Waals surface area contributed by atoms with E-state index in [1.54, 1.807) is 14.2 Å². The van der Waals surface area contributed by atoms with Gasteiger partial charge in [0.15, 0.2) is 0 Å². The van der Waals surface area contributed by atoms with Crippen LogP contribution in [0, 0.1) is 0 Å². The molecule has 0 saturated carbocycles. The third-order valence-corrected chi connectivity index (χ3v) is 9.26. The molecular weight excluding hydrogens is 498 g/mol. The molecule has 158 valence electrons. The average molecular weight is 527 g/mol. The maximum atomic E-state index is 2.53. The Balaban J connectivity index is 0.00000136. The maximum Gasteiger partial charge on any atom is -1.00 e. The van der Waals surface area contributed by atoms with Crippen LogP contribution < -0.4 is 28.1 Å². The molecule has 1 unspecified atom stereocenters. The van der Waals surface area contributed by atoms with Crippen LogP contribution in [-0.4, -0.2) is 0 Å². The molecule has 3 aromatic rings. The fourth-order valence-electron chi connectivity index (χ4n) is 5.05. The fraction of sp³-hybridized carbons (Fsp3) is 0.286. The summed E-state index contributed by atoms with van der Waals surface area (Å²) in [5, 5.41) is 3.11. The maximum absolute atomic E-state index is 2.53. The van der Waals surface area contributed by atoms with Gasteiger partial charge >= 0.3 is 187 Å². The van der Waals surface area contributed by atoms with Gasteiger partial charge in [-0.05, 0) is 0 Å². The van der Waals surface area contributed by atoms with Crippen LogP contribution in [0.5, 0.6) is 0 Å². The molecule has 0 nitrogen and oxygen atoms in total. The van der Waals surface area contributed by atoms with Gasteiger partial charge in [-0.15, -0.1) is 0 Å². The first kappa shape index (κ1) is 24.5. The predicted molar refractivity (Wildman–Crippen MR) is 122 cm³/mol. The van der Waals surface area contributed by atoms with Crippen molar-refractivity contribution in [3.63, 3.8) is 0 Å². The quantitative estimate of drug-likeness (QED) is 0.356. The Hall–Kier alpha value is -1.14. The molecule has 0 bridgehead atoms. The first-order chi connectivity index (χ1) is 14.3. The summed E-state index contributed by atoms with van der Waals surface area (Å²) in [5.74, 6) is 0.421. The fourth-order valence-corrected chi connectivity index (χ4v) is 7.65. The Morgan fingerprint density at radius 1 is 0.968 bits per heavy atom. The predicted octanol–water partition coefficient (Wildman–Crippen LogP) is 1.34. The van der Waals surface area contributed by atoms with Crippen LogP contribution in [0.4, 0.5) is 0 Å². The molecule has 0 N–H and O–H groups in total. The Labute approximate surface area is 210 Å². The summed E-state index contributed by atoms with van der Waals surface area (Å²) in [7, 11) is 0. The summed E-state index contributed by atoms with van der Waals surface area (Å²) >= 11 is -0.528. The van der Waals surface area contributed by atoms with Gasteiger partial charge in [-0.3, -0.25) is 0 Å². The molecule has 0 heterocycles. The Bertz CT molecular complexity index is 1140. The first-order valence-electron chi connectivity index (χ1n) is 11.1. The SMILES string of the molecule is CCCCC1=CC(c2cc3c(c4[c]([Zr+2][CH2]C)cccc24)Cc2ccccc2-3)C=C1.[Cl-].[Cl-]. The molecule has 0 saturated heterocycles. The van der Waals surface area contributed by atoms with Crippen LogP contribution in [0.1, 0.15) is 55.7 Å². The third-order valence-electron chi connectivity index (χ3n) is 6.43. The molecule has 3 heteroatoms. The summed E-state index contributed by atoms with van der Waals surface area (Å²) in [6.45, 7) is 4.65. The van der Waals surface area contributed by atoms with E-state index in [0.717, 1.165) is 6.42 Å². The number of unbranched alkanes of at least 4 members (excludes halogenated alkanes) is 1. The van der Waals surface area contributed by atoms with Gasteiger partial charge in [0.1, 0.15) is 0 Å². The van der Waals surface area contributed by atoms with Gasteiger partial charge in [-0.25, -0.2) is 0 Å². The van der Waals surface area contributed by atoms with Crippen LogP contribution >= 0.6 is 0 Å². The van der Waals surface area contributed by atoms with Gasteiger partial charge in [0.25, 0.3) is 0 Å². The van der Waals surface area contributed by atoms with Gasteiger partial charge in [-0.1, -0.05) is 0 Å². The standard InChI is InChI=1S/C26H23.C2H5.2ClH.Zr/c1-2-3-8-18-13-14-20(15-18)24-17-26-21-10-5-4-9-19(21)16-25(26)23-12-7-6-11-22(23)24;1-2;;;/h4-7,9-11,13-15,17,20H,2-3,8,16H2,1H3;1H2,2H3;2*1H;/q;;;;+2/p-2. The Kier molecular flexibility index (Phi) is 8.42. The van der Waals surface area contributed by atoms with E-state index < -0.39 is 23.2 Å². The van der Waals surface area contributed by atoms with Crippen molar-refractivity contribution in [2.45, 2.75) is 49.6 Å². The minimum absolute atomic E-state index is 0. The van der Waals surface area contributed by atoms with Crippen molar-refractivity contribution >= 4 is 14.0 Å². The molecular formula is C28H28Cl2Zr. The summed E-state index contributed by atoms with van der Waals surface area (Å²) in [5.41, 5.74) is 9.07. The van der Waals surface area contributed by atoms with Crippen LogP contribution in [0.2, 0.25) is 4.13 Å². The number of fused-ring (bicyclic) bond motifs is 5. The van der Waals surface area contributed by atoms with E-state index in [9.17, 15) is 0 Å². The second-order valence-electron chi connectivity index (χ2n) is 8.31. The van der Waals surface area contributed by atoms with E-state index in [1.165, 1.54) is 56.6 Å². The zero-order chi connectivity index (χ0) is 19.8. The molecule has 2 aliphatic carbocycles. The molecule has 0 fully saturated rings. The van der Waals surface area contributed by atoms with Crippen molar-refractivity contribution < 1.29 is 48.0 Å². The first-order valence-corrected chi connectivity index (χ1v) is 14.1. The Morgan fingerprint density at radius 3 is 2.61 bits per heavy atom. The molecule has 2 aliphatic rings. The van der Waals surface area contributed by atoms with Gasteiger partial charge in [-0.2, -0.15) is 0 Å². The van der Waals surface area contributed by atoms with Crippen molar-refractivity contribution in [2.75, 3.05) is 0 Å². The van der Waals surface area contributed by atoms with Gasteiger partial charge < -0.3 is 24.8 Å². The largest absolute Gasteiger partial charge is 1.00 e. The van der Waals surface area contributed by atoms with Crippen LogP contribution in [0.15, 0.2) is 72.3 Å². The van der Waals surface area contributed by atoms with E-state index in [-0.39, 0.29) is 24.8 Å². The van der Waals surface area contributed by atoms with E-state index >= 15 is 0 Å². The molecule has 1 atom stereocenters. The number of hydrogen-bond acceptors (Lipinski definition) is 0. The van der Waals surface area contributed by atoms with Gasteiger partial charge in [0.2, 0.25) is 0 Å². The summed E-state index contributed by atoms with van der Waals surface area (Å²) in [4.78, 5) is 0. The normalized spacial score (nSPS) is 15.5. The van der Waals surface area contributed by atoms with E-state index in [1.807, 2.05) is 0 Å². The number of benzene rings is 3. The van der Waals surface area contributed by atoms with Crippen molar-refractivity contribution in [2.24, 2.45) is 0 Å². The Morgan fingerprint density at radius 2 is 1.81 bits per heavy atom. The second-order valence-corrected chi connectivity index (χ2v) is 12.2. The number of hydrogen-bond donors (Lipinski definition) is 0. The molecule has 0 aliphatic heterocycles. The van der Waals surface area contributed by atoms with Crippen molar-refractivity contribution in [1.29, 1.82) is 0 Å². The average Bonchev–Trinajstić information content (AvgIpc) is 3.36. The van der Waals surface area contributed by atoms with E-state index in [2.05, 4.69) is 80.6 Å². The second kappa shape index (κ2) is 10.7. The third kappa shape index (κ3) is 4.52. The molecule has 0 amide bonds. The zero-order valence-electron chi connectivity index (χ0n) is 18.2. The van der Waals surface area contributed by atoms with Crippen molar-refractivity contribution in [3.8, 4) is 11.1 Å². The minimum atomic E-state index is -0.528. The summed E-state index contributed by atoms with van der Waals surface area (Å²) < 4.78 is 3.05. The van der Waals surface area contributed by atoms with Crippen LogP contribution in [0.25, 0.3) is 21.9 Å². The number of halogens is 2. The minimum Gasteiger partial charge on any atom is -1.00 e. The van der Waals surface area contributed by atoms with Gasteiger partial charge in [0.05, 0.1) is 0 Å². The van der Waals surface area contributed by atoms with Gasteiger partial charge in [0, 0.05) is 0 Å². The molecule has 0 radical (unpaired) electrons. The van der Waals surface area contributed by atoms with Crippen molar-refractivity contribution in [1.82, 2.24) is 0 Å². The summed E-state index contributed by atoms with van der Waals surface area (Å²) in [6, 6.07) is 18.7. The number of allylic oxidation sites excluding steroid dienone is 4. The van der Waals surface area contributed by atoms with Crippen LogP contribution in [-0.2, 0) is 29.7 Å². The summed E-state index contributed by atoms with van der Waals surface area (Å²) in [6.07, 6.45) is 12.2.